The molecule has 0 radical (unpaired) electrons. The first kappa shape index (κ1) is 26.0. The number of aliphatic hydroxyl groups is 2. The minimum absolute atomic E-state index is 0.0649. The summed E-state index contributed by atoms with van der Waals surface area (Å²) in [6, 6.07) is 10.0. The third-order valence-electron chi connectivity index (χ3n) is 5.93. The van der Waals surface area contributed by atoms with Crippen molar-refractivity contribution < 1.29 is 24.5 Å². The zero-order chi connectivity index (χ0) is 23.2. The molecular formula is C27H38O5. The summed E-state index contributed by atoms with van der Waals surface area (Å²) in [5.41, 5.74) is 1.17. The Hall–Kier alpha value is -2.24. The Labute approximate surface area is 192 Å². The predicted octanol–water partition coefficient (Wildman–Crippen LogP) is 4.56. The second-order valence-electron chi connectivity index (χ2n) is 8.57. The number of aliphatic hydroxyl groups excluding tert-OH is 2. The third-order valence-corrected chi connectivity index (χ3v) is 5.93. The van der Waals surface area contributed by atoms with Crippen LogP contribution in [-0.4, -0.2) is 40.8 Å². The van der Waals surface area contributed by atoms with E-state index >= 15 is 0 Å². The van der Waals surface area contributed by atoms with Gasteiger partial charge in [-0.3, -0.25) is 9.59 Å². The topological polar surface area (TPSA) is 83.8 Å². The van der Waals surface area contributed by atoms with Gasteiger partial charge in [0, 0.05) is 24.7 Å². The quantitative estimate of drug-likeness (QED) is 0.251. The lowest BCUT2D eigenvalue weighted by atomic mass is 9.90. The highest BCUT2D eigenvalue weighted by Gasteiger charge is 2.39. The molecular weight excluding hydrogens is 404 g/mol. The number of hydrogen-bond donors (Lipinski definition) is 2. The minimum Gasteiger partial charge on any atom is -0.466 e. The monoisotopic (exact) mass is 442 g/mol. The Morgan fingerprint density at radius 2 is 2.00 bits per heavy atom. The normalized spacial score (nSPS) is 22.1. The number of unbranched alkanes of at least 4 members (excludes halogenated alkanes) is 2. The van der Waals surface area contributed by atoms with Crippen LogP contribution in [0.1, 0.15) is 63.9 Å². The van der Waals surface area contributed by atoms with Crippen molar-refractivity contribution in [1.29, 1.82) is 0 Å². The molecule has 0 heterocycles. The predicted molar refractivity (Wildman–Crippen MR) is 126 cm³/mol. The van der Waals surface area contributed by atoms with Crippen molar-refractivity contribution in [3.63, 3.8) is 0 Å². The molecule has 0 amide bonds. The number of aryl methyl sites for hydroxylation is 1. The molecule has 0 aromatic heterocycles. The molecule has 1 aromatic rings. The number of Topliss-reactive ketones (excluding diaryl/α,β-unsaturated/α-hetero) is 1. The van der Waals surface area contributed by atoms with E-state index in [1.54, 1.807) is 6.08 Å². The molecule has 2 N–H and O–H groups in total. The molecule has 1 aliphatic carbocycles. The zero-order valence-electron chi connectivity index (χ0n) is 19.2. The van der Waals surface area contributed by atoms with E-state index in [0.29, 0.717) is 25.9 Å². The van der Waals surface area contributed by atoms with Gasteiger partial charge in [-0.05, 0) is 44.1 Å². The van der Waals surface area contributed by atoms with Gasteiger partial charge < -0.3 is 14.9 Å². The van der Waals surface area contributed by atoms with Crippen LogP contribution in [0.2, 0.25) is 0 Å². The largest absolute Gasteiger partial charge is 0.466 e. The molecule has 0 bridgehead atoms. The highest BCUT2D eigenvalue weighted by atomic mass is 16.5. The van der Waals surface area contributed by atoms with Crippen molar-refractivity contribution in [2.45, 2.75) is 76.9 Å². The van der Waals surface area contributed by atoms with Crippen LogP contribution < -0.4 is 0 Å². The second kappa shape index (κ2) is 14.8. The molecule has 1 unspecified atom stereocenters. The zero-order valence-corrected chi connectivity index (χ0v) is 19.2. The van der Waals surface area contributed by atoms with Gasteiger partial charge >= 0.3 is 5.97 Å². The van der Waals surface area contributed by atoms with Gasteiger partial charge in [-0.15, -0.1) is 0 Å². The van der Waals surface area contributed by atoms with Crippen LogP contribution in [0.3, 0.4) is 0 Å². The van der Waals surface area contributed by atoms with E-state index < -0.39 is 12.2 Å². The van der Waals surface area contributed by atoms with Crippen molar-refractivity contribution in [2.24, 2.45) is 11.8 Å². The van der Waals surface area contributed by atoms with Crippen LogP contribution in [0.15, 0.2) is 54.6 Å². The molecule has 1 saturated carbocycles. The van der Waals surface area contributed by atoms with E-state index in [1.165, 1.54) is 5.56 Å². The third kappa shape index (κ3) is 9.49. The number of ether oxygens (including phenoxy) is 1. The van der Waals surface area contributed by atoms with Gasteiger partial charge in [0.05, 0.1) is 18.8 Å². The molecule has 4 atom stereocenters. The minimum atomic E-state index is -0.698. The van der Waals surface area contributed by atoms with Crippen molar-refractivity contribution in [3.05, 3.63) is 60.2 Å². The van der Waals surface area contributed by atoms with E-state index in [1.807, 2.05) is 48.6 Å². The van der Waals surface area contributed by atoms with E-state index in [2.05, 4.69) is 6.92 Å². The Balaban J connectivity index is 1.73. The molecule has 5 nitrogen and oxygen atoms in total. The first-order valence-corrected chi connectivity index (χ1v) is 11.9. The summed E-state index contributed by atoms with van der Waals surface area (Å²) in [5, 5.41) is 20.6. The van der Waals surface area contributed by atoms with Crippen LogP contribution in [0.4, 0.5) is 0 Å². The standard InChI is InChI=1S/C27H38O5/c1-2-3-19-32-27(31)14-10-5-4-9-13-23-24(26(30)20-25(23)29)18-17-22(28)16-15-21-11-7-6-8-12-21/h4,6-9,11-12,17-18,22-24,26,28,30H,2-3,5,10,13-16,19-20H2,1H3/b9-4-,18-17+/t22-,23+,24?,26+/m0/s1. The molecule has 1 aliphatic rings. The Morgan fingerprint density at radius 1 is 1.22 bits per heavy atom. The SMILES string of the molecule is CCCCOC(=O)CCC/C=C\C[C@H]1C(=O)C[C@@H](O)C1/C=C/[C@@H](O)CCc1ccccc1. The average Bonchev–Trinajstić information content (AvgIpc) is 3.06. The lowest BCUT2D eigenvalue weighted by Crippen LogP contribution is -2.19. The molecule has 0 saturated heterocycles. The lowest BCUT2D eigenvalue weighted by molar-refractivity contribution is -0.143. The molecule has 176 valence electrons. The van der Waals surface area contributed by atoms with E-state index in [9.17, 15) is 19.8 Å². The molecule has 0 spiro atoms. The summed E-state index contributed by atoms with van der Waals surface area (Å²) in [6.45, 7) is 2.55. The molecule has 0 aliphatic heterocycles. The number of esters is 1. The maximum atomic E-state index is 12.3. The summed E-state index contributed by atoms with van der Waals surface area (Å²) in [7, 11) is 0. The molecule has 1 fully saturated rings. The van der Waals surface area contributed by atoms with Gasteiger partial charge in [0.2, 0.25) is 0 Å². The molecule has 32 heavy (non-hydrogen) atoms. The summed E-state index contributed by atoms with van der Waals surface area (Å²) in [4.78, 5) is 23.9. The van der Waals surface area contributed by atoms with E-state index in [0.717, 1.165) is 32.1 Å². The summed E-state index contributed by atoms with van der Waals surface area (Å²) >= 11 is 0. The smallest absolute Gasteiger partial charge is 0.305 e. The number of ketones is 1. The number of allylic oxidation sites excluding steroid dienone is 2. The average molecular weight is 443 g/mol. The van der Waals surface area contributed by atoms with Crippen LogP contribution in [0.5, 0.6) is 0 Å². The van der Waals surface area contributed by atoms with Gasteiger partial charge in [0.1, 0.15) is 5.78 Å². The van der Waals surface area contributed by atoms with E-state index in [-0.39, 0.29) is 30.0 Å². The number of rotatable bonds is 14. The van der Waals surface area contributed by atoms with Crippen LogP contribution in [-0.2, 0) is 20.7 Å². The van der Waals surface area contributed by atoms with Crippen molar-refractivity contribution in [2.75, 3.05) is 6.61 Å². The van der Waals surface area contributed by atoms with Crippen LogP contribution in [0.25, 0.3) is 0 Å². The van der Waals surface area contributed by atoms with Gasteiger partial charge in [-0.2, -0.15) is 0 Å². The fourth-order valence-corrected chi connectivity index (χ4v) is 3.97. The van der Waals surface area contributed by atoms with Gasteiger partial charge in [-0.1, -0.05) is 68.0 Å². The Morgan fingerprint density at radius 3 is 2.75 bits per heavy atom. The number of carbonyl (C=O) groups is 2. The Kier molecular flexibility index (Phi) is 12.0. The molecule has 2 rings (SSSR count). The first-order valence-electron chi connectivity index (χ1n) is 11.9. The van der Waals surface area contributed by atoms with Crippen LogP contribution in [0, 0.1) is 11.8 Å². The summed E-state index contributed by atoms with van der Waals surface area (Å²) in [6.07, 6.45) is 12.1. The Bertz CT molecular complexity index is 740. The maximum absolute atomic E-state index is 12.3. The van der Waals surface area contributed by atoms with E-state index in [4.69, 9.17) is 4.74 Å². The fraction of sp³-hybridized carbons (Fsp3) is 0.556. The van der Waals surface area contributed by atoms with Crippen LogP contribution >= 0.6 is 0 Å². The van der Waals surface area contributed by atoms with Crippen molar-refractivity contribution in [3.8, 4) is 0 Å². The number of carbonyl (C=O) groups excluding carboxylic acids is 2. The molecule has 5 heteroatoms. The number of benzene rings is 1. The number of hydrogen-bond acceptors (Lipinski definition) is 5. The fourth-order valence-electron chi connectivity index (χ4n) is 3.97. The van der Waals surface area contributed by atoms with Crippen molar-refractivity contribution in [1.82, 2.24) is 0 Å². The maximum Gasteiger partial charge on any atom is 0.305 e. The lowest BCUT2D eigenvalue weighted by Gasteiger charge is -2.16. The first-order chi connectivity index (χ1) is 15.5. The van der Waals surface area contributed by atoms with Crippen molar-refractivity contribution >= 4 is 11.8 Å². The van der Waals surface area contributed by atoms with Gasteiger partial charge in [0.15, 0.2) is 0 Å². The highest BCUT2D eigenvalue weighted by molar-refractivity contribution is 5.84. The second-order valence-corrected chi connectivity index (χ2v) is 8.57. The van der Waals surface area contributed by atoms with Gasteiger partial charge in [-0.25, -0.2) is 0 Å². The summed E-state index contributed by atoms with van der Waals surface area (Å²) in [5.74, 6) is -0.628. The highest BCUT2D eigenvalue weighted by Crippen LogP contribution is 2.33. The van der Waals surface area contributed by atoms with Gasteiger partial charge in [0.25, 0.3) is 0 Å². The summed E-state index contributed by atoms with van der Waals surface area (Å²) < 4.78 is 5.14. The molecule has 1 aromatic carbocycles.